The number of carbonyl (C=O) groups is 1. The lowest BCUT2D eigenvalue weighted by Crippen LogP contribution is -2.47. The Morgan fingerprint density at radius 2 is 1.95 bits per heavy atom. The van der Waals surface area contributed by atoms with Crippen LogP contribution in [0.2, 0.25) is 5.02 Å². The maximum absolute atomic E-state index is 12.3. The van der Waals surface area contributed by atoms with Gasteiger partial charge in [0.25, 0.3) is 11.6 Å². The Kier molecular flexibility index (Phi) is 4.01. The van der Waals surface area contributed by atoms with E-state index in [0.29, 0.717) is 18.1 Å². The number of piperazine rings is 1. The van der Waals surface area contributed by atoms with Crippen molar-refractivity contribution in [2.24, 2.45) is 0 Å². The van der Waals surface area contributed by atoms with Crippen LogP contribution in [-0.4, -0.2) is 53.9 Å². The first-order chi connectivity index (χ1) is 8.99. The Hall–Kier alpha value is -1.66. The van der Waals surface area contributed by atoms with Crippen LogP contribution in [-0.2, 0) is 0 Å². The molecule has 6 nitrogen and oxygen atoms in total. The number of likely N-dealkylation sites (N-methyl/N-ethyl adjacent to an activating group) is 1. The van der Waals surface area contributed by atoms with Crippen LogP contribution in [0, 0.1) is 10.1 Å². The summed E-state index contributed by atoms with van der Waals surface area (Å²) >= 11 is 5.83. The lowest BCUT2D eigenvalue weighted by atomic mass is 10.1. The normalized spacial score (nSPS) is 16.4. The van der Waals surface area contributed by atoms with Gasteiger partial charge in [0.2, 0.25) is 0 Å². The zero-order chi connectivity index (χ0) is 14.0. The molecule has 1 aromatic rings. The summed E-state index contributed by atoms with van der Waals surface area (Å²) < 4.78 is 0. The second-order valence-electron chi connectivity index (χ2n) is 4.51. The van der Waals surface area contributed by atoms with E-state index in [1.165, 1.54) is 18.2 Å². The van der Waals surface area contributed by atoms with E-state index < -0.39 is 4.92 Å². The first kappa shape index (κ1) is 13.8. The minimum absolute atomic E-state index is 0.0575. The first-order valence-corrected chi connectivity index (χ1v) is 6.28. The molecule has 1 saturated heterocycles. The monoisotopic (exact) mass is 283 g/mol. The number of rotatable bonds is 2. The van der Waals surface area contributed by atoms with Crippen molar-refractivity contribution in [1.82, 2.24) is 9.80 Å². The molecule has 0 saturated carbocycles. The van der Waals surface area contributed by atoms with E-state index in [2.05, 4.69) is 4.90 Å². The maximum atomic E-state index is 12.3. The highest BCUT2D eigenvalue weighted by Crippen LogP contribution is 2.24. The molecule has 0 radical (unpaired) electrons. The average molecular weight is 284 g/mol. The van der Waals surface area contributed by atoms with E-state index in [1.807, 2.05) is 7.05 Å². The van der Waals surface area contributed by atoms with E-state index in [1.54, 1.807) is 4.90 Å². The summed E-state index contributed by atoms with van der Waals surface area (Å²) in [6.07, 6.45) is 0. The Labute approximate surface area is 115 Å². The van der Waals surface area contributed by atoms with Crippen molar-refractivity contribution >= 4 is 23.2 Å². The molecule has 0 unspecified atom stereocenters. The Bertz CT molecular complexity index is 513. The smallest absolute Gasteiger partial charge is 0.282 e. The van der Waals surface area contributed by atoms with E-state index in [9.17, 15) is 14.9 Å². The van der Waals surface area contributed by atoms with E-state index in [0.717, 1.165) is 13.1 Å². The van der Waals surface area contributed by atoms with Gasteiger partial charge in [0.15, 0.2) is 0 Å². The molecule has 102 valence electrons. The number of halogens is 1. The molecule has 0 atom stereocenters. The highest BCUT2D eigenvalue weighted by Gasteiger charge is 2.26. The highest BCUT2D eigenvalue weighted by atomic mass is 35.5. The van der Waals surface area contributed by atoms with Crippen LogP contribution in [0.25, 0.3) is 0 Å². The van der Waals surface area contributed by atoms with Gasteiger partial charge >= 0.3 is 0 Å². The number of nitrogens with zero attached hydrogens (tertiary/aromatic N) is 3. The molecule has 7 heteroatoms. The van der Waals surface area contributed by atoms with Crippen LogP contribution in [0.4, 0.5) is 5.69 Å². The molecule has 0 N–H and O–H groups in total. The van der Waals surface area contributed by atoms with Crippen LogP contribution in [0.15, 0.2) is 18.2 Å². The third kappa shape index (κ3) is 3.02. The fraction of sp³-hybridized carbons (Fsp3) is 0.417. The lowest BCUT2D eigenvalue weighted by Gasteiger charge is -2.32. The molecule has 1 fully saturated rings. The number of hydrogen-bond acceptors (Lipinski definition) is 4. The number of carbonyl (C=O) groups excluding carboxylic acids is 1. The van der Waals surface area contributed by atoms with E-state index in [-0.39, 0.29) is 17.2 Å². The third-order valence-electron chi connectivity index (χ3n) is 3.18. The highest BCUT2D eigenvalue weighted by molar-refractivity contribution is 6.31. The zero-order valence-corrected chi connectivity index (χ0v) is 11.3. The molecule has 1 aliphatic rings. The predicted molar refractivity (Wildman–Crippen MR) is 71.5 cm³/mol. The average Bonchev–Trinajstić information content (AvgIpc) is 2.38. The third-order valence-corrected chi connectivity index (χ3v) is 3.41. The van der Waals surface area contributed by atoms with Gasteiger partial charge in [-0.25, -0.2) is 0 Å². The molecule has 1 aliphatic heterocycles. The van der Waals surface area contributed by atoms with Gasteiger partial charge in [0.05, 0.1) is 4.92 Å². The second kappa shape index (κ2) is 5.54. The van der Waals surface area contributed by atoms with Crippen molar-refractivity contribution in [2.45, 2.75) is 0 Å². The van der Waals surface area contributed by atoms with Gasteiger partial charge < -0.3 is 9.80 Å². The molecule has 1 heterocycles. The maximum Gasteiger partial charge on any atom is 0.282 e. The van der Waals surface area contributed by atoms with Gasteiger partial charge in [0, 0.05) is 37.3 Å². The predicted octanol–water partition coefficient (Wildman–Crippen LogP) is 1.64. The molecule has 2 rings (SSSR count). The second-order valence-corrected chi connectivity index (χ2v) is 4.95. The fourth-order valence-corrected chi connectivity index (χ4v) is 2.19. The molecule has 19 heavy (non-hydrogen) atoms. The molecule has 0 spiro atoms. The van der Waals surface area contributed by atoms with Crippen LogP contribution in [0.1, 0.15) is 10.4 Å². The number of benzene rings is 1. The minimum Gasteiger partial charge on any atom is -0.336 e. The molecular weight excluding hydrogens is 270 g/mol. The van der Waals surface area contributed by atoms with Crippen LogP contribution in [0.5, 0.6) is 0 Å². The topological polar surface area (TPSA) is 66.7 Å². The van der Waals surface area contributed by atoms with Crippen molar-refractivity contribution in [2.75, 3.05) is 33.2 Å². The number of amides is 1. The summed E-state index contributed by atoms with van der Waals surface area (Å²) in [6.45, 7) is 2.66. The van der Waals surface area contributed by atoms with Crippen molar-refractivity contribution in [3.8, 4) is 0 Å². The Balaban J connectivity index is 2.27. The lowest BCUT2D eigenvalue weighted by molar-refractivity contribution is -0.385. The summed E-state index contributed by atoms with van der Waals surface area (Å²) in [4.78, 5) is 26.5. The molecule has 0 aliphatic carbocycles. The van der Waals surface area contributed by atoms with Crippen molar-refractivity contribution in [1.29, 1.82) is 0 Å². The number of hydrogen-bond donors (Lipinski definition) is 0. The van der Waals surface area contributed by atoms with E-state index in [4.69, 9.17) is 11.6 Å². The van der Waals surface area contributed by atoms with Gasteiger partial charge in [0.1, 0.15) is 5.56 Å². The van der Waals surface area contributed by atoms with Crippen LogP contribution < -0.4 is 0 Å². The quantitative estimate of drug-likeness (QED) is 0.611. The van der Waals surface area contributed by atoms with Crippen LogP contribution >= 0.6 is 11.6 Å². The zero-order valence-electron chi connectivity index (χ0n) is 10.5. The summed E-state index contributed by atoms with van der Waals surface area (Å²) in [5.41, 5.74) is -0.143. The standard InChI is InChI=1S/C12H14ClN3O3/c1-14-4-6-15(7-5-14)12(17)10-8-9(13)2-3-11(10)16(18)19/h2-3,8H,4-7H2,1H3. The van der Waals surface area contributed by atoms with Gasteiger partial charge in [-0.1, -0.05) is 11.6 Å². The molecule has 0 aromatic heterocycles. The Morgan fingerprint density at radius 1 is 1.32 bits per heavy atom. The van der Waals surface area contributed by atoms with Crippen molar-refractivity contribution in [3.05, 3.63) is 38.9 Å². The van der Waals surface area contributed by atoms with Crippen molar-refractivity contribution in [3.63, 3.8) is 0 Å². The van der Waals surface area contributed by atoms with Gasteiger partial charge in [-0.2, -0.15) is 0 Å². The van der Waals surface area contributed by atoms with E-state index >= 15 is 0 Å². The number of nitro benzene ring substituents is 1. The summed E-state index contributed by atoms with van der Waals surface area (Å²) in [5, 5.41) is 11.3. The number of nitro groups is 1. The molecule has 0 bridgehead atoms. The van der Waals surface area contributed by atoms with Crippen molar-refractivity contribution < 1.29 is 9.72 Å². The fourth-order valence-electron chi connectivity index (χ4n) is 2.02. The van der Waals surface area contributed by atoms with Crippen LogP contribution in [0.3, 0.4) is 0 Å². The Morgan fingerprint density at radius 3 is 2.53 bits per heavy atom. The molecular formula is C12H14ClN3O3. The van der Waals surface area contributed by atoms with Gasteiger partial charge in [-0.3, -0.25) is 14.9 Å². The largest absolute Gasteiger partial charge is 0.336 e. The minimum atomic E-state index is -0.556. The first-order valence-electron chi connectivity index (χ1n) is 5.91. The van der Waals surface area contributed by atoms with Gasteiger partial charge in [-0.15, -0.1) is 0 Å². The van der Waals surface area contributed by atoms with Gasteiger partial charge in [-0.05, 0) is 19.2 Å². The summed E-state index contributed by atoms with van der Waals surface area (Å²) in [6, 6.07) is 4.05. The summed E-state index contributed by atoms with van der Waals surface area (Å²) in [5.74, 6) is -0.331. The summed E-state index contributed by atoms with van der Waals surface area (Å²) in [7, 11) is 1.98. The SMILES string of the molecule is CN1CCN(C(=O)c2cc(Cl)ccc2[N+](=O)[O-])CC1. The molecule has 1 amide bonds. The molecule has 1 aromatic carbocycles.